The first-order chi connectivity index (χ1) is 8.49. The maximum absolute atomic E-state index is 13.0. The van der Waals surface area contributed by atoms with E-state index in [0.717, 1.165) is 6.07 Å². The second-order valence-electron chi connectivity index (χ2n) is 3.31. The minimum Gasteiger partial charge on any atom is -0.457 e. The van der Waals surface area contributed by atoms with Crippen LogP contribution in [0.15, 0.2) is 38.0 Å². The molecule has 94 valence electrons. The topological polar surface area (TPSA) is 42.2 Å². The number of carbonyl (C=O) groups is 1. The number of nitrogens with one attached hydrogen (secondary N) is 1. The lowest BCUT2D eigenvalue weighted by atomic mass is 10.2. The van der Waals surface area contributed by atoms with Crippen LogP contribution in [0.1, 0.15) is 10.4 Å². The third kappa shape index (κ3) is 2.76. The fourth-order valence-corrected chi connectivity index (χ4v) is 2.62. The SMILES string of the molecule is O=C(Nc1c(Cl)cc(F)cc1Br)c1ccoc1Br. The van der Waals surface area contributed by atoms with E-state index in [9.17, 15) is 9.18 Å². The van der Waals surface area contributed by atoms with Gasteiger partial charge in [-0.3, -0.25) is 4.79 Å². The first-order valence-electron chi connectivity index (χ1n) is 4.68. The van der Waals surface area contributed by atoms with E-state index in [4.69, 9.17) is 16.0 Å². The molecule has 0 saturated heterocycles. The number of furan rings is 1. The van der Waals surface area contributed by atoms with E-state index in [-0.39, 0.29) is 5.02 Å². The van der Waals surface area contributed by atoms with Crippen LogP contribution in [0.5, 0.6) is 0 Å². The van der Waals surface area contributed by atoms with Gasteiger partial charge in [-0.2, -0.15) is 0 Å². The van der Waals surface area contributed by atoms with Gasteiger partial charge >= 0.3 is 0 Å². The quantitative estimate of drug-likeness (QED) is 0.787. The van der Waals surface area contributed by atoms with Crippen LogP contribution >= 0.6 is 43.5 Å². The summed E-state index contributed by atoms with van der Waals surface area (Å²) >= 11 is 12.1. The first kappa shape index (κ1) is 13.6. The van der Waals surface area contributed by atoms with Gasteiger partial charge in [0.25, 0.3) is 5.91 Å². The van der Waals surface area contributed by atoms with Gasteiger partial charge in [-0.05, 0) is 50.1 Å². The molecule has 1 N–H and O–H groups in total. The van der Waals surface area contributed by atoms with Crippen molar-refractivity contribution in [1.82, 2.24) is 0 Å². The molecule has 18 heavy (non-hydrogen) atoms. The highest BCUT2D eigenvalue weighted by atomic mass is 79.9. The van der Waals surface area contributed by atoms with E-state index in [1.165, 1.54) is 18.4 Å². The highest BCUT2D eigenvalue weighted by Gasteiger charge is 2.16. The van der Waals surface area contributed by atoms with Gasteiger partial charge in [-0.1, -0.05) is 11.6 Å². The standard InChI is InChI=1S/C11H5Br2ClFNO2/c12-7-3-5(15)4-8(14)9(7)16-11(17)6-1-2-18-10(6)13/h1-4H,(H,16,17). The second-order valence-corrected chi connectivity index (χ2v) is 5.29. The molecule has 0 spiro atoms. The lowest BCUT2D eigenvalue weighted by Gasteiger charge is -2.08. The molecular formula is C11H5Br2ClFNO2. The summed E-state index contributed by atoms with van der Waals surface area (Å²) < 4.78 is 18.7. The molecule has 0 radical (unpaired) electrons. The van der Waals surface area contributed by atoms with Gasteiger partial charge < -0.3 is 9.73 Å². The Bertz CT molecular complexity index is 592. The van der Waals surface area contributed by atoms with E-state index in [2.05, 4.69) is 37.2 Å². The minimum absolute atomic E-state index is 0.106. The van der Waals surface area contributed by atoms with Gasteiger partial charge in [0.15, 0.2) is 4.67 Å². The number of rotatable bonds is 2. The summed E-state index contributed by atoms with van der Waals surface area (Å²) in [6.45, 7) is 0. The Morgan fingerprint density at radius 1 is 1.39 bits per heavy atom. The fraction of sp³-hybridized carbons (Fsp3) is 0. The van der Waals surface area contributed by atoms with Crippen LogP contribution in [0.25, 0.3) is 0 Å². The molecular weight excluding hydrogens is 392 g/mol. The smallest absolute Gasteiger partial charge is 0.260 e. The Morgan fingerprint density at radius 3 is 2.67 bits per heavy atom. The highest BCUT2D eigenvalue weighted by molar-refractivity contribution is 9.10. The van der Waals surface area contributed by atoms with Gasteiger partial charge in [0, 0.05) is 4.47 Å². The number of carbonyl (C=O) groups excluding carboxylic acids is 1. The van der Waals surface area contributed by atoms with Crippen LogP contribution in [-0.2, 0) is 0 Å². The molecule has 0 aliphatic rings. The Kier molecular flexibility index (Phi) is 4.09. The average molecular weight is 397 g/mol. The zero-order valence-electron chi connectivity index (χ0n) is 8.64. The molecule has 2 rings (SSSR count). The summed E-state index contributed by atoms with van der Waals surface area (Å²) in [7, 11) is 0. The zero-order valence-corrected chi connectivity index (χ0v) is 12.6. The molecule has 0 saturated carbocycles. The molecule has 1 amide bonds. The van der Waals surface area contributed by atoms with Gasteiger partial charge in [0.2, 0.25) is 0 Å². The number of amides is 1. The molecule has 0 atom stereocenters. The molecule has 2 aromatic rings. The monoisotopic (exact) mass is 395 g/mol. The molecule has 1 heterocycles. The van der Waals surface area contributed by atoms with Gasteiger partial charge in [0.05, 0.1) is 22.5 Å². The Labute approximate surface area is 124 Å². The maximum atomic E-state index is 13.0. The van der Waals surface area contributed by atoms with E-state index in [1.54, 1.807) is 0 Å². The molecule has 0 aliphatic carbocycles. The number of hydrogen-bond acceptors (Lipinski definition) is 2. The summed E-state index contributed by atoms with van der Waals surface area (Å²) in [5.74, 6) is -0.904. The number of anilines is 1. The molecule has 0 bridgehead atoms. The molecule has 0 unspecified atom stereocenters. The van der Waals surface area contributed by atoms with Crippen LogP contribution in [0, 0.1) is 5.82 Å². The largest absolute Gasteiger partial charge is 0.457 e. The fourth-order valence-electron chi connectivity index (χ4n) is 1.30. The number of halogens is 4. The van der Waals surface area contributed by atoms with Gasteiger partial charge in [-0.15, -0.1) is 0 Å². The van der Waals surface area contributed by atoms with Gasteiger partial charge in [-0.25, -0.2) is 4.39 Å². The van der Waals surface area contributed by atoms with Crippen LogP contribution in [-0.4, -0.2) is 5.91 Å². The molecule has 3 nitrogen and oxygen atoms in total. The molecule has 0 aliphatic heterocycles. The average Bonchev–Trinajstić information content (AvgIpc) is 2.69. The van der Waals surface area contributed by atoms with E-state index >= 15 is 0 Å². The Balaban J connectivity index is 2.31. The van der Waals surface area contributed by atoms with Crippen molar-refractivity contribution in [3.8, 4) is 0 Å². The van der Waals surface area contributed by atoms with E-state index in [0.29, 0.717) is 20.4 Å². The molecule has 7 heteroatoms. The number of hydrogen-bond donors (Lipinski definition) is 1. The van der Waals surface area contributed by atoms with Gasteiger partial charge in [0.1, 0.15) is 5.82 Å². The summed E-state index contributed by atoms with van der Waals surface area (Å²) in [5, 5.41) is 2.68. The third-order valence-electron chi connectivity index (χ3n) is 2.11. The van der Waals surface area contributed by atoms with Crippen molar-refractivity contribution in [2.75, 3.05) is 5.32 Å². The van der Waals surface area contributed by atoms with Crippen LogP contribution in [0.4, 0.5) is 10.1 Å². The summed E-state index contributed by atoms with van der Waals surface area (Å²) in [5.41, 5.74) is 0.624. The lowest BCUT2D eigenvalue weighted by molar-refractivity contribution is 0.102. The van der Waals surface area contributed by atoms with Crippen molar-refractivity contribution in [3.05, 3.63) is 50.0 Å². The van der Waals surface area contributed by atoms with Crippen molar-refractivity contribution in [3.63, 3.8) is 0 Å². The van der Waals surface area contributed by atoms with E-state index in [1.807, 2.05) is 0 Å². The predicted molar refractivity (Wildman–Crippen MR) is 73.5 cm³/mol. The number of benzene rings is 1. The van der Waals surface area contributed by atoms with Crippen LogP contribution in [0.2, 0.25) is 5.02 Å². The summed E-state index contributed by atoms with van der Waals surface area (Å²) in [6, 6.07) is 3.84. The van der Waals surface area contributed by atoms with Crippen LogP contribution < -0.4 is 5.32 Å². The minimum atomic E-state index is -0.491. The first-order valence-corrected chi connectivity index (χ1v) is 6.64. The van der Waals surface area contributed by atoms with E-state index < -0.39 is 11.7 Å². The summed E-state index contributed by atoms with van der Waals surface area (Å²) in [6.07, 6.45) is 1.38. The van der Waals surface area contributed by atoms with Crippen molar-refractivity contribution >= 4 is 55.1 Å². The van der Waals surface area contributed by atoms with Crippen molar-refractivity contribution < 1.29 is 13.6 Å². The van der Waals surface area contributed by atoms with Crippen molar-refractivity contribution in [2.45, 2.75) is 0 Å². The normalized spacial score (nSPS) is 10.4. The third-order valence-corrected chi connectivity index (χ3v) is 3.65. The van der Waals surface area contributed by atoms with Crippen molar-refractivity contribution in [2.24, 2.45) is 0 Å². The Hall–Kier alpha value is -0.850. The second kappa shape index (κ2) is 5.42. The summed E-state index contributed by atoms with van der Waals surface area (Å²) in [4.78, 5) is 11.9. The zero-order chi connectivity index (χ0) is 13.3. The van der Waals surface area contributed by atoms with Crippen molar-refractivity contribution in [1.29, 1.82) is 0 Å². The van der Waals surface area contributed by atoms with Crippen LogP contribution in [0.3, 0.4) is 0 Å². The predicted octanol–water partition coefficient (Wildman–Crippen LogP) is 4.85. The molecule has 1 aromatic heterocycles. The maximum Gasteiger partial charge on any atom is 0.260 e. The highest BCUT2D eigenvalue weighted by Crippen LogP contribution is 2.32. The Morgan fingerprint density at radius 2 is 2.11 bits per heavy atom. The lowest BCUT2D eigenvalue weighted by Crippen LogP contribution is -2.12. The molecule has 0 fully saturated rings. The molecule has 1 aromatic carbocycles.